The van der Waals surface area contributed by atoms with Crippen molar-refractivity contribution in [3.8, 4) is 5.75 Å². The topological polar surface area (TPSA) is 69.4 Å². The highest BCUT2D eigenvalue weighted by molar-refractivity contribution is 7.88. The third-order valence-corrected chi connectivity index (χ3v) is 4.29. The van der Waals surface area contributed by atoms with Crippen LogP contribution >= 0.6 is 0 Å². The smallest absolute Gasteiger partial charge is 0.333 e. The van der Waals surface area contributed by atoms with E-state index in [1.54, 1.807) is 55.6 Å². The maximum absolute atomic E-state index is 12.3. The summed E-state index contributed by atoms with van der Waals surface area (Å²) in [5.41, 5.74) is 1.40. The Bertz CT molecular complexity index is 696. The van der Waals surface area contributed by atoms with Crippen LogP contribution in [0.3, 0.4) is 0 Å². The first kappa shape index (κ1) is 15.9. The van der Waals surface area contributed by atoms with Crippen molar-refractivity contribution in [3.05, 3.63) is 80.9 Å². The zero-order chi connectivity index (χ0) is 15.9. The monoisotopic (exact) mass is 317 g/mol. The molecule has 0 aliphatic carbocycles. The quantitative estimate of drug-likeness (QED) is 0.606. The maximum Gasteiger partial charge on any atom is 0.333 e. The van der Waals surface area contributed by atoms with E-state index in [-0.39, 0.29) is 10.8 Å². The first-order valence-corrected chi connectivity index (χ1v) is 7.84. The van der Waals surface area contributed by atoms with Gasteiger partial charge in [-0.15, -0.1) is 0 Å². The van der Waals surface area contributed by atoms with Crippen LogP contribution in [0.25, 0.3) is 6.08 Å². The second-order valence-electron chi connectivity index (χ2n) is 4.49. The van der Waals surface area contributed by atoms with E-state index in [1.165, 1.54) is 6.08 Å². The number of rotatable bonds is 6. The highest BCUT2D eigenvalue weighted by atomic mass is 32.2. The van der Waals surface area contributed by atoms with Gasteiger partial charge in [-0.3, -0.25) is 10.1 Å². The van der Waals surface area contributed by atoms with Gasteiger partial charge in [0.05, 0.1) is 17.8 Å². The van der Waals surface area contributed by atoms with Crippen LogP contribution in [0.15, 0.2) is 59.6 Å². The molecular weight excluding hydrogens is 302 g/mol. The average molecular weight is 317 g/mol. The molecule has 0 saturated heterocycles. The lowest BCUT2D eigenvalue weighted by molar-refractivity contribution is -0.409. The molecule has 1 unspecified atom stereocenters. The molecule has 0 radical (unpaired) electrons. The minimum atomic E-state index is -1.73. The van der Waals surface area contributed by atoms with Crippen LogP contribution in [0, 0.1) is 10.1 Å². The fourth-order valence-electron chi connectivity index (χ4n) is 1.84. The van der Waals surface area contributed by atoms with Crippen LogP contribution in [0.1, 0.15) is 11.1 Å². The molecule has 0 amide bonds. The standard InChI is InChI=1S/C16H15NO4S/c1-21-15-9-7-14(8-10-15)12-22(20)16(17(18)19)11-13-5-3-2-4-6-13/h2-11H,12H2,1H3. The van der Waals surface area contributed by atoms with Gasteiger partial charge in [0.2, 0.25) is 0 Å². The van der Waals surface area contributed by atoms with Crippen molar-refractivity contribution in [3.63, 3.8) is 0 Å². The van der Waals surface area contributed by atoms with Crippen LogP contribution < -0.4 is 4.74 Å². The van der Waals surface area contributed by atoms with Crippen LogP contribution in [0.5, 0.6) is 5.75 Å². The molecule has 0 saturated carbocycles. The first-order chi connectivity index (χ1) is 10.6. The SMILES string of the molecule is COc1ccc(CS(=O)C(=Cc2ccccc2)[N+](=O)[O-])cc1. The summed E-state index contributed by atoms with van der Waals surface area (Å²) in [4.78, 5) is 10.6. The van der Waals surface area contributed by atoms with Gasteiger partial charge in [-0.25, -0.2) is 4.21 Å². The molecular formula is C16H15NO4S. The summed E-state index contributed by atoms with van der Waals surface area (Å²) in [6, 6.07) is 15.8. The zero-order valence-electron chi connectivity index (χ0n) is 12.0. The lowest BCUT2D eigenvalue weighted by Crippen LogP contribution is -2.08. The Balaban J connectivity index is 2.19. The normalized spacial score (nSPS) is 12.7. The van der Waals surface area contributed by atoms with Crippen molar-refractivity contribution < 1.29 is 13.9 Å². The number of hydrogen-bond acceptors (Lipinski definition) is 4. The Labute approximate surface area is 130 Å². The second kappa shape index (κ2) is 7.51. The molecule has 1 atom stereocenters. The van der Waals surface area contributed by atoms with Crippen LogP contribution in [-0.2, 0) is 16.6 Å². The average Bonchev–Trinajstić information content (AvgIpc) is 2.54. The third kappa shape index (κ3) is 4.26. The number of nitrogens with zero attached hydrogens (tertiary/aromatic N) is 1. The molecule has 2 aromatic rings. The molecule has 0 aliphatic heterocycles. The molecule has 114 valence electrons. The van der Waals surface area contributed by atoms with E-state index in [2.05, 4.69) is 0 Å². The predicted molar refractivity (Wildman–Crippen MR) is 86.3 cm³/mol. The van der Waals surface area contributed by atoms with E-state index in [9.17, 15) is 14.3 Å². The lowest BCUT2D eigenvalue weighted by atomic mass is 10.2. The Kier molecular flexibility index (Phi) is 5.43. The van der Waals surface area contributed by atoms with Crippen molar-refractivity contribution in [2.24, 2.45) is 0 Å². The van der Waals surface area contributed by atoms with Gasteiger partial charge in [0.15, 0.2) is 0 Å². The van der Waals surface area contributed by atoms with Crippen molar-refractivity contribution in [1.29, 1.82) is 0 Å². The summed E-state index contributed by atoms with van der Waals surface area (Å²) in [7, 11) is -0.171. The summed E-state index contributed by atoms with van der Waals surface area (Å²) in [6.45, 7) is 0. The maximum atomic E-state index is 12.3. The van der Waals surface area contributed by atoms with E-state index >= 15 is 0 Å². The second-order valence-corrected chi connectivity index (χ2v) is 5.89. The molecule has 5 nitrogen and oxygen atoms in total. The summed E-state index contributed by atoms with van der Waals surface area (Å²) in [6.07, 6.45) is 1.35. The molecule has 0 aromatic heterocycles. The molecule has 2 aromatic carbocycles. The van der Waals surface area contributed by atoms with Gasteiger partial charge in [-0.2, -0.15) is 0 Å². The third-order valence-electron chi connectivity index (χ3n) is 2.96. The molecule has 0 aliphatic rings. The number of methoxy groups -OCH3 is 1. The number of nitro groups is 1. The number of ether oxygens (including phenoxy) is 1. The Hall–Kier alpha value is -2.47. The van der Waals surface area contributed by atoms with Crippen LogP contribution in [0.2, 0.25) is 0 Å². The van der Waals surface area contributed by atoms with Crippen LogP contribution in [-0.4, -0.2) is 16.2 Å². The molecule has 0 fully saturated rings. The molecule has 0 bridgehead atoms. The van der Waals surface area contributed by atoms with Crippen LogP contribution in [0.4, 0.5) is 0 Å². The molecule has 0 heterocycles. The van der Waals surface area contributed by atoms with Gasteiger partial charge in [-0.05, 0) is 23.3 Å². The Morgan fingerprint density at radius 1 is 1.18 bits per heavy atom. The number of hydrogen-bond donors (Lipinski definition) is 0. The fraction of sp³-hybridized carbons (Fsp3) is 0.125. The number of benzene rings is 2. The lowest BCUT2D eigenvalue weighted by Gasteiger charge is -2.03. The molecule has 0 N–H and O–H groups in total. The fourth-order valence-corrected chi connectivity index (χ4v) is 2.92. The predicted octanol–water partition coefficient (Wildman–Crippen LogP) is 3.22. The highest BCUT2D eigenvalue weighted by Crippen LogP contribution is 2.17. The van der Waals surface area contributed by atoms with Crippen molar-refractivity contribution in [1.82, 2.24) is 0 Å². The van der Waals surface area contributed by atoms with E-state index in [0.717, 1.165) is 5.56 Å². The van der Waals surface area contributed by atoms with Gasteiger partial charge in [0.1, 0.15) is 16.5 Å². The van der Waals surface area contributed by atoms with Crippen molar-refractivity contribution in [2.75, 3.05) is 7.11 Å². The largest absolute Gasteiger partial charge is 0.497 e. The minimum absolute atomic E-state index is 0.0869. The minimum Gasteiger partial charge on any atom is -0.497 e. The van der Waals surface area contributed by atoms with Gasteiger partial charge in [0.25, 0.3) is 0 Å². The van der Waals surface area contributed by atoms with E-state index in [1.807, 2.05) is 6.07 Å². The molecule has 2 rings (SSSR count). The zero-order valence-corrected chi connectivity index (χ0v) is 12.8. The Morgan fingerprint density at radius 2 is 1.82 bits per heavy atom. The van der Waals surface area contributed by atoms with E-state index in [4.69, 9.17) is 4.74 Å². The van der Waals surface area contributed by atoms with Gasteiger partial charge in [0, 0.05) is 6.08 Å². The van der Waals surface area contributed by atoms with Crippen molar-refractivity contribution >= 4 is 16.9 Å². The molecule has 0 spiro atoms. The summed E-state index contributed by atoms with van der Waals surface area (Å²) in [5.74, 6) is 0.771. The van der Waals surface area contributed by atoms with Crippen molar-refractivity contribution in [2.45, 2.75) is 5.75 Å². The van der Waals surface area contributed by atoms with E-state index in [0.29, 0.717) is 11.3 Å². The van der Waals surface area contributed by atoms with Gasteiger partial charge < -0.3 is 4.74 Å². The molecule has 6 heteroatoms. The van der Waals surface area contributed by atoms with Gasteiger partial charge in [-0.1, -0.05) is 42.5 Å². The summed E-state index contributed by atoms with van der Waals surface area (Å²) >= 11 is 0. The molecule has 22 heavy (non-hydrogen) atoms. The highest BCUT2D eigenvalue weighted by Gasteiger charge is 2.20. The first-order valence-electron chi connectivity index (χ1n) is 6.52. The summed E-state index contributed by atoms with van der Waals surface area (Å²) in [5, 5.41) is 10.9. The Morgan fingerprint density at radius 3 is 2.36 bits per heavy atom. The van der Waals surface area contributed by atoms with Gasteiger partial charge >= 0.3 is 5.03 Å². The summed E-state index contributed by atoms with van der Waals surface area (Å²) < 4.78 is 17.3. The van der Waals surface area contributed by atoms with E-state index < -0.39 is 15.7 Å².